The molecule has 10 nitrogen and oxygen atoms in total. The van der Waals surface area contributed by atoms with Crippen molar-refractivity contribution in [3.05, 3.63) is 52.0 Å². The average molecular weight is 445 g/mol. The van der Waals surface area contributed by atoms with Crippen LogP contribution in [0.25, 0.3) is 0 Å². The molecule has 0 radical (unpaired) electrons. The Bertz CT molecular complexity index is 1130. The number of likely N-dealkylation sites (N-methyl/N-ethyl adjacent to an activating group) is 1. The van der Waals surface area contributed by atoms with Crippen molar-refractivity contribution in [1.82, 2.24) is 4.90 Å². The van der Waals surface area contributed by atoms with Gasteiger partial charge in [-0.15, -0.1) is 0 Å². The topological polar surface area (TPSA) is 176 Å². The number of nitrogens with zero attached hydrogens (tertiary/aromatic N) is 1. The lowest BCUT2D eigenvalue weighted by molar-refractivity contribution is -0.163. The van der Waals surface area contributed by atoms with E-state index in [2.05, 4.69) is 0 Å². The number of aliphatic hydroxyl groups excluding tert-OH is 3. The Morgan fingerprint density at radius 2 is 1.75 bits per heavy atom. The summed E-state index contributed by atoms with van der Waals surface area (Å²) in [5.41, 5.74) is -4.29. The van der Waals surface area contributed by atoms with Gasteiger partial charge < -0.3 is 30.6 Å². The molecule has 0 spiro atoms. The first-order valence-corrected chi connectivity index (χ1v) is 9.95. The average Bonchev–Trinajstić information content (AvgIpc) is 2.70. The van der Waals surface area contributed by atoms with Gasteiger partial charge in [-0.3, -0.25) is 14.5 Å². The van der Waals surface area contributed by atoms with E-state index >= 15 is 0 Å². The number of fused-ring (bicyclic) bond motifs is 3. The maximum Gasteiger partial charge on any atom is 0.342 e. The highest BCUT2D eigenvalue weighted by Crippen LogP contribution is 2.55. The van der Waals surface area contributed by atoms with Crippen LogP contribution in [0.4, 0.5) is 0 Å². The number of benzene rings is 1. The molecule has 0 saturated heterocycles. The maximum atomic E-state index is 13.3. The van der Waals surface area contributed by atoms with Crippen molar-refractivity contribution in [2.24, 2.45) is 11.8 Å². The van der Waals surface area contributed by atoms with E-state index in [1.165, 1.54) is 31.1 Å². The lowest BCUT2D eigenvalue weighted by Crippen LogP contribution is -2.68. The van der Waals surface area contributed by atoms with Gasteiger partial charge in [0.05, 0.1) is 23.6 Å². The smallest absolute Gasteiger partial charge is 0.342 e. The van der Waals surface area contributed by atoms with Gasteiger partial charge in [0.15, 0.2) is 11.4 Å². The third kappa shape index (κ3) is 2.48. The highest BCUT2D eigenvalue weighted by atomic mass is 16.4. The summed E-state index contributed by atoms with van der Waals surface area (Å²) in [7, 11) is 2.89. The van der Waals surface area contributed by atoms with Crippen molar-refractivity contribution in [1.29, 1.82) is 0 Å². The summed E-state index contributed by atoms with van der Waals surface area (Å²) in [6.07, 6.45) is -1.63. The molecule has 0 unspecified atom stereocenters. The van der Waals surface area contributed by atoms with Crippen LogP contribution in [0, 0.1) is 11.8 Å². The molecule has 32 heavy (non-hydrogen) atoms. The van der Waals surface area contributed by atoms with Gasteiger partial charge in [-0.1, -0.05) is 19.1 Å². The van der Waals surface area contributed by atoms with Gasteiger partial charge >= 0.3 is 5.97 Å². The van der Waals surface area contributed by atoms with Crippen LogP contribution in [0.5, 0.6) is 5.75 Å². The highest BCUT2D eigenvalue weighted by molar-refractivity contribution is 6.23. The normalized spacial score (nSPS) is 34.4. The molecule has 0 heterocycles. The summed E-state index contributed by atoms with van der Waals surface area (Å²) < 4.78 is 0. The molecule has 0 saturated carbocycles. The Morgan fingerprint density at radius 1 is 1.12 bits per heavy atom. The van der Waals surface area contributed by atoms with Gasteiger partial charge in [0.2, 0.25) is 5.78 Å². The minimum atomic E-state index is -2.97. The Labute approximate surface area is 182 Å². The lowest BCUT2D eigenvalue weighted by Gasteiger charge is -2.53. The summed E-state index contributed by atoms with van der Waals surface area (Å²) in [5, 5.41) is 64.3. The molecular formula is C22H23NO9. The fraction of sp³-hybridized carbons (Fsp3) is 0.409. The maximum absolute atomic E-state index is 13.3. The minimum absolute atomic E-state index is 0.128. The third-order valence-corrected chi connectivity index (χ3v) is 6.96. The van der Waals surface area contributed by atoms with Gasteiger partial charge in [0.25, 0.3) is 0 Å². The number of carboxylic acid groups (broad SMARTS) is 1. The number of rotatable bonds is 2. The van der Waals surface area contributed by atoms with Crippen LogP contribution in [0.15, 0.2) is 40.9 Å². The van der Waals surface area contributed by atoms with E-state index in [0.717, 1.165) is 0 Å². The van der Waals surface area contributed by atoms with E-state index in [1.54, 1.807) is 13.0 Å². The number of carboxylic acids is 1. The van der Waals surface area contributed by atoms with Crippen molar-refractivity contribution in [3.8, 4) is 5.75 Å². The Morgan fingerprint density at radius 3 is 2.31 bits per heavy atom. The van der Waals surface area contributed by atoms with Gasteiger partial charge in [-0.05, 0) is 31.6 Å². The Kier molecular flexibility index (Phi) is 4.74. The van der Waals surface area contributed by atoms with E-state index in [-0.39, 0.29) is 11.3 Å². The number of carbonyl (C=O) groups excluding carboxylic acids is 2. The summed E-state index contributed by atoms with van der Waals surface area (Å²) in [5.74, 6) is -9.83. The van der Waals surface area contributed by atoms with Crippen LogP contribution in [-0.4, -0.2) is 84.9 Å². The zero-order valence-electron chi connectivity index (χ0n) is 17.5. The molecule has 0 aliphatic heterocycles. The third-order valence-electron chi connectivity index (χ3n) is 6.96. The lowest BCUT2D eigenvalue weighted by atomic mass is 9.55. The molecule has 170 valence electrons. The van der Waals surface area contributed by atoms with Crippen LogP contribution >= 0.6 is 0 Å². The second-order valence-electron chi connectivity index (χ2n) is 8.73. The van der Waals surface area contributed by atoms with E-state index in [4.69, 9.17) is 0 Å². The monoisotopic (exact) mass is 445 g/mol. The van der Waals surface area contributed by atoms with Crippen molar-refractivity contribution in [2.45, 2.75) is 30.6 Å². The largest absolute Gasteiger partial charge is 0.510 e. The molecular weight excluding hydrogens is 422 g/mol. The highest BCUT2D eigenvalue weighted by Gasteiger charge is 2.67. The fourth-order valence-corrected chi connectivity index (χ4v) is 5.55. The zero-order chi connectivity index (χ0) is 23.9. The van der Waals surface area contributed by atoms with Crippen LogP contribution in [0.3, 0.4) is 0 Å². The van der Waals surface area contributed by atoms with Gasteiger partial charge in [0.1, 0.15) is 22.8 Å². The number of aliphatic carboxylic acids is 1. The molecule has 0 aromatic heterocycles. The molecule has 0 bridgehead atoms. The van der Waals surface area contributed by atoms with E-state index in [0.29, 0.717) is 5.56 Å². The number of Topliss-reactive ketones (excluding diaryl/α,β-unsaturated/α-hetero) is 2. The summed E-state index contributed by atoms with van der Waals surface area (Å²) in [6.45, 7) is 1.66. The second-order valence-corrected chi connectivity index (χ2v) is 8.73. The number of hydrogen-bond donors (Lipinski definition) is 6. The van der Waals surface area contributed by atoms with Crippen LogP contribution in [0.1, 0.15) is 28.8 Å². The first kappa shape index (κ1) is 22.0. The Hall–Kier alpha value is -3.21. The fourth-order valence-electron chi connectivity index (χ4n) is 5.55. The zero-order valence-corrected chi connectivity index (χ0v) is 17.5. The summed E-state index contributed by atoms with van der Waals surface area (Å²) in [4.78, 5) is 39.4. The van der Waals surface area contributed by atoms with Crippen LogP contribution in [-0.2, 0) is 9.59 Å². The van der Waals surface area contributed by atoms with Gasteiger partial charge in [-0.2, -0.15) is 0 Å². The molecule has 0 fully saturated rings. The number of hydrogen-bond acceptors (Lipinski definition) is 9. The van der Waals surface area contributed by atoms with E-state index < -0.39 is 75.7 Å². The second kappa shape index (κ2) is 6.89. The first-order chi connectivity index (χ1) is 14.9. The van der Waals surface area contributed by atoms with E-state index in [1.807, 2.05) is 0 Å². The molecule has 6 atom stereocenters. The van der Waals surface area contributed by atoms with Crippen molar-refractivity contribution in [2.75, 3.05) is 14.1 Å². The first-order valence-electron chi connectivity index (χ1n) is 9.95. The SMILES string of the molecule is C[C@H]1c2cccc(O)c2C(=O)C2=C(O)[C@]3(O)C(=O)C(C(=O)O)=C(O)[C@@H](N(C)C)[C@@H]3[C@@H](O)[C@@H]21. The molecule has 0 amide bonds. The Balaban J connectivity index is 2.06. The number of ketones is 2. The van der Waals surface area contributed by atoms with Crippen LogP contribution < -0.4 is 0 Å². The van der Waals surface area contributed by atoms with Crippen LogP contribution in [0.2, 0.25) is 0 Å². The molecule has 6 N–H and O–H groups in total. The number of aliphatic hydroxyl groups is 4. The molecule has 3 aliphatic rings. The van der Waals surface area contributed by atoms with E-state index in [9.17, 15) is 45.0 Å². The molecule has 3 aliphatic carbocycles. The van der Waals surface area contributed by atoms with Gasteiger partial charge in [0, 0.05) is 11.5 Å². The number of phenolic OH excluding ortho intramolecular Hbond substituents is 1. The molecule has 10 heteroatoms. The summed E-state index contributed by atoms with van der Waals surface area (Å²) >= 11 is 0. The number of phenols is 1. The number of aromatic hydroxyl groups is 1. The standard InChI is InChI=1S/C22H23NO9/c1-7-8-5-4-6-9(24)11(8)16(25)12-10(7)17(26)14-15(23(2)3)18(27)13(21(30)31)20(29)22(14,32)19(12)28/h4-7,10,14-15,17,24,26-28,32H,1-3H3,(H,30,31)/t7-,10+,14+,15-,17-,22-/m0/s1. The number of carbonyl (C=O) groups is 3. The van der Waals surface area contributed by atoms with Gasteiger partial charge in [-0.25, -0.2) is 4.79 Å². The predicted octanol–water partition coefficient (Wildman–Crippen LogP) is 0.252. The van der Waals surface area contributed by atoms with Crippen molar-refractivity contribution >= 4 is 17.5 Å². The molecule has 4 rings (SSSR count). The predicted molar refractivity (Wildman–Crippen MR) is 108 cm³/mol. The quantitative estimate of drug-likeness (QED) is 0.346. The minimum Gasteiger partial charge on any atom is -0.510 e. The van der Waals surface area contributed by atoms with Crippen molar-refractivity contribution < 1.29 is 45.0 Å². The molecule has 1 aromatic carbocycles. The summed E-state index contributed by atoms with van der Waals surface area (Å²) in [6, 6.07) is 3.04. The molecule has 1 aromatic rings. The van der Waals surface area contributed by atoms with Crippen molar-refractivity contribution in [3.63, 3.8) is 0 Å².